The van der Waals surface area contributed by atoms with Crippen molar-refractivity contribution in [1.82, 2.24) is 5.32 Å². The molecule has 3 rings (SSSR count). The Morgan fingerprint density at radius 2 is 2.26 bits per heavy atom. The van der Waals surface area contributed by atoms with Crippen molar-refractivity contribution in [2.24, 2.45) is 5.92 Å². The summed E-state index contributed by atoms with van der Waals surface area (Å²) in [4.78, 5) is 0. The maximum absolute atomic E-state index is 5.36. The molecule has 2 unspecified atom stereocenters. The van der Waals surface area contributed by atoms with Crippen molar-refractivity contribution >= 4 is 0 Å². The van der Waals surface area contributed by atoms with Gasteiger partial charge in [0.1, 0.15) is 5.75 Å². The van der Waals surface area contributed by atoms with Crippen LogP contribution in [0, 0.1) is 5.92 Å². The Kier molecular flexibility index (Phi) is 3.30. The topological polar surface area (TPSA) is 21.3 Å². The number of nitrogens with one attached hydrogen (secondary N) is 1. The van der Waals surface area contributed by atoms with Crippen LogP contribution in [0.4, 0.5) is 0 Å². The second-order valence-electron chi connectivity index (χ2n) is 6.50. The first kappa shape index (κ1) is 13.0. The van der Waals surface area contributed by atoms with Gasteiger partial charge in [-0.25, -0.2) is 0 Å². The van der Waals surface area contributed by atoms with E-state index in [9.17, 15) is 0 Å². The van der Waals surface area contributed by atoms with E-state index in [0.717, 1.165) is 11.7 Å². The van der Waals surface area contributed by atoms with Gasteiger partial charge in [0.15, 0.2) is 0 Å². The highest BCUT2D eigenvalue weighted by molar-refractivity contribution is 5.46. The zero-order valence-corrected chi connectivity index (χ0v) is 12.3. The molecule has 2 aliphatic rings. The number of methoxy groups -OCH3 is 1. The van der Waals surface area contributed by atoms with E-state index in [1.807, 2.05) is 0 Å². The van der Waals surface area contributed by atoms with Gasteiger partial charge in [-0.05, 0) is 66.8 Å². The summed E-state index contributed by atoms with van der Waals surface area (Å²) in [5.74, 6) is 1.84. The second kappa shape index (κ2) is 4.82. The van der Waals surface area contributed by atoms with Gasteiger partial charge < -0.3 is 10.1 Å². The lowest BCUT2D eigenvalue weighted by molar-refractivity contribution is 0.411. The van der Waals surface area contributed by atoms with Gasteiger partial charge in [0, 0.05) is 6.04 Å². The molecule has 2 aliphatic carbocycles. The Bertz CT molecular complexity index is 468. The Labute approximate surface area is 116 Å². The maximum atomic E-state index is 5.36. The van der Waals surface area contributed by atoms with Crippen molar-refractivity contribution in [1.29, 1.82) is 0 Å². The number of fused-ring (bicyclic) bond motifs is 2. The minimum atomic E-state index is 0.488. The van der Waals surface area contributed by atoms with Gasteiger partial charge in [0.2, 0.25) is 0 Å². The molecule has 0 amide bonds. The zero-order chi connectivity index (χ0) is 13.5. The number of hydrogen-bond acceptors (Lipinski definition) is 2. The van der Waals surface area contributed by atoms with Crippen LogP contribution in [-0.4, -0.2) is 19.7 Å². The number of aryl methyl sites for hydroxylation is 1. The van der Waals surface area contributed by atoms with Crippen molar-refractivity contribution in [2.45, 2.75) is 51.0 Å². The van der Waals surface area contributed by atoms with Gasteiger partial charge in [-0.3, -0.25) is 0 Å². The fraction of sp³-hybridized carbons (Fsp3) is 0.647. The number of benzene rings is 1. The standard InChI is InChI=1S/C17H25NO/c1-12(2)18-11-14-10-17(14)8-4-5-13-9-15(19-3)6-7-16(13)17/h6-7,9,12,14,18H,4-5,8,10-11H2,1-3H3. The average molecular weight is 259 g/mol. The molecule has 0 saturated heterocycles. The molecular weight excluding hydrogens is 234 g/mol. The van der Waals surface area contributed by atoms with Gasteiger partial charge in [0.25, 0.3) is 0 Å². The van der Waals surface area contributed by atoms with Gasteiger partial charge in [-0.1, -0.05) is 19.9 Å². The minimum Gasteiger partial charge on any atom is -0.497 e. The Morgan fingerprint density at radius 3 is 3.00 bits per heavy atom. The molecule has 1 aromatic rings. The Balaban J connectivity index is 1.80. The number of rotatable bonds is 4. The molecule has 2 heteroatoms. The molecule has 1 saturated carbocycles. The van der Waals surface area contributed by atoms with Crippen molar-refractivity contribution in [3.63, 3.8) is 0 Å². The van der Waals surface area contributed by atoms with Crippen LogP contribution >= 0.6 is 0 Å². The number of ether oxygens (including phenoxy) is 1. The lowest BCUT2D eigenvalue weighted by atomic mass is 9.78. The molecule has 0 aromatic heterocycles. The Morgan fingerprint density at radius 1 is 1.42 bits per heavy atom. The summed E-state index contributed by atoms with van der Waals surface area (Å²) >= 11 is 0. The minimum absolute atomic E-state index is 0.488. The van der Waals surface area contributed by atoms with Crippen LogP contribution in [0.1, 0.15) is 44.2 Å². The molecule has 19 heavy (non-hydrogen) atoms. The van der Waals surface area contributed by atoms with Crippen LogP contribution < -0.4 is 10.1 Å². The second-order valence-corrected chi connectivity index (χ2v) is 6.50. The molecule has 1 N–H and O–H groups in total. The van der Waals surface area contributed by atoms with Crippen LogP contribution in [0.2, 0.25) is 0 Å². The Hall–Kier alpha value is -1.02. The first-order valence-electron chi connectivity index (χ1n) is 7.56. The molecule has 1 fully saturated rings. The van der Waals surface area contributed by atoms with Crippen molar-refractivity contribution in [2.75, 3.05) is 13.7 Å². The summed E-state index contributed by atoms with van der Waals surface area (Å²) in [5.41, 5.74) is 3.62. The molecule has 0 heterocycles. The molecule has 0 radical (unpaired) electrons. The van der Waals surface area contributed by atoms with Crippen LogP contribution in [0.3, 0.4) is 0 Å². The summed E-state index contributed by atoms with van der Waals surface area (Å²) < 4.78 is 5.36. The normalized spacial score (nSPS) is 28.5. The van der Waals surface area contributed by atoms with E-state index in [1.165, 1.54) is 37.8 Å². The third-order valence-electron chi connectivity index (χ3n) is 4.92. The van der Waals surface area contributed by atoms with Crippen molar-refractivity contribution in [3.05, 3.63) is 29.3 Å². The van der Waals surface area contributed by atoms with Gasteiger partial charge in [0.05, 0.1) is 7.11 Å². The van der Waals surface area contributed by atoms with Gasteiger partial charge in [-0.2, -0.15) is 0 Å². The van der Waals surface area contributed by atoms with E-state index >= 15 is 0 Å². The van der Waals surface area contributed by atoms with Gasteiger partial charge >= 0.3 is 0 Å². The number of hydrogen-bond donors (Lipinski definition) is 1. The quantitative estimate of drug-likeness (QED) is 0.896. The third kappa shape index (κ3) is 2.27. The summed E-state index contributed by atoms with van der Waals surface area (Å²) in [7, 11) is 1.76. The molecule has 0 bridgehead atoms. The van der Waals surface area contributed by atoms with E-state index in [2.05, 4.69) is 37.4 Å². The highest BCUT2D eigenvalue weighted by atomic mass is 16.5. The first-order chi connectivity index (χ1) is 9.15. The van der Waals surface area contributed by atoms with Crippen molar-refractivity contribution < 1.29 is 4.74 Å². The smallest absolute Gasteiger partial charge is 0.119 e. The fourth-order valence-corrected chi connectivity index (χ4v) is 3.78. The molecule has 1 spiro atoms. The lowest BCUT2D eigenvalue weighted by Gasteiger charge is -2.27. The van der Waals surface area contributed by atoms with Crippen LogP contribution in [-0.2, 0) is 11.8 Å². The fourth-order valence-electron chi connectivity index (χ4n) is 3.78. The molecule has 2 atom stereocenters. The highest BCUT2D eigenvalue weighted by Gasteiger charge is 2.55. The summed E-state index contributed by atoms with van der Waals surface area (Å²) in [5, 5.41) is 3.61. The molecule has 104 valence electrons. The van der Waals surface area contributed by atoms with Crippen LogP contribution in [0.25, 0.3) is 0 Å². The van der Waals surface area contributed by atoms with Crippen LogP contribution in [0.5, 0.6) is 5.75 Å². The first-order valence-corrected chi connectivity index (χ1v) is 7.56. The lowest BCUT2D eigenvalue weighted by Crippen LogP contribution is -2.28. The van der Waals surface area contributed by atoms with E-state index < -0.39 is 0 Å². The predicted molar refractivity (Wildman–Crippen MR) is 78.9 cm³/mol. The van der Waals surface area contributed by atoms with Crippen LogP contribution in [0.15, 0.2) is 18.2 Å². The molecule has 1 aromatic carbocycles. The average Bonchev–Trinajstić information content (AvgIpc) is 3.10. The highest BCUT2D eigenvalue weighted by Crippen LogP contribution is 2.60. The summed E-state index contributed by atoms with van der Waals surface area (Å²) in [6.07, 6.45) is 5.29. The van der Waals surface area contributed by atoms with E-state index in [1.54, 1.807) is 12.7 Å². The van der Waals surface area contributed by atoms with E-state index in [-0.39, 0.29) is 0 Å². The maximum Gasteiger partial charge on any atom is 0.119 e. The van der Waals surface area contributed by atoms with E-state index in [4.69, 9.17) is 4.74 Å². The predicted octanol–water partition coefficient (Wildman–Crippen LogP) is 3.29. The largest absolute Gasteiger partial charge is 0.497 e. The summed E-state index contributed by atoms with van der Waals surface area (Å²) in [6.45, 7) is 5.63. The van der Waals surface area contributed by atoms with E-state index in [0.29, 0.717) is 11.5 Å². The third-order valence-corrected chi connectivity index (χ3v) is 4.92. The molecule has 0 aliphatic heterocycles. The van der Waals surface area contributed by atoms with Gasteiger partial charge in [-0.15, -0.1) is 0 Å². The molecular formula is C17H25NO. The zero-order valence-electron chi connectivity index (χ0n) is 12.3. The SMILES string of the molecule is COc1ccc2c(c1)CCCC21CC1CNC(C)C. The molecule has 2 nitrogen and oxygen atoms in total. The monoisotopic (exact) mass is 259 g/mol. The summed E-state index contributed by atoms with van der Waals surface area (Å²) in [6, 6.07) is 7.30. The van der Waals surface area contributed by atoms with Crippen molar-refractivity contribution in [3.8, 4) is 5.75 Å².